The van der Waals surface area contributed by atoms with E-state index in [2.05, 4.69) is 349 Å². The lowest BCUT2D eigenvalue weighted by molar-refractivity contribution is 0.660. The molecule has 0 saturated carbocycles. The number of anilines is 12. The van der Waals surface area contributed by atoms with Crippen LogP contribution in [0.4, 0.5) is 68.2 Å². The minimum Gasteiger partial charge on any atom is -0.310 e. The molecule has 0 radical (unpaired) electrons. The molecule has 0 unspecified atom stereocenters. The Morgan fingerprint density at radius 2 is 0.494 bits per heavy atom. The summed E-state index contributed by atoms with van der Waals surface area (Å²) in [6, 6.07) is 115. The lowest BCUT2D eigenvalue weighted by Crippen LogP contribution is -2.18. The molecule has 0 saturated heterocycles. The number of hydrogen-bond acceptors (Lipinski definition) is 4. The summed E-state index contributed by atoms with van der Waals surface area (Å²) in [7, 11) is 0. The van der Waals surface area contributed by atoms with Crippen LogP contribution in [0.2, 0.25) is 0 Å². The van der Waals surface area contributed by atoms with Crippen LogP contribution in [0.25, 0.3) is 54.2 Å². The molecule has 1 aliphatic rings. The first-order valence-corrected chi connectivity index (χ1v) is 28.6. The van der Waals surface area contributed by atoms with Crippen molar-refractivity contribution in [2.75, 3.05) is 19.6 Å². The van der Waals surface area contributed by atoms with Crippen LogP contribution in [0.3, 0.4) is 0 Å². The van der Waals surface area contributed by atoms with Crippen molar-refractivity contribution in [1.82, 2.24) is 0 Å². The van der Waals surface area contributed by atoms with Crippen LogP contribution in [0.1, 0.15) is 25.0 Å². The van der Waals surface area contributed by atoms with Crippen molar-refractivity contribution < 1.29 is 0 Å². The number of hydrogen-bond donors (Lipinski definition) is 0. The minimum atomic E-state index is -0.336. The highest BCUT2D eigenvalue weighted by molar-refractivity contribution is 6.01. The predicted molar refractivity (Wildman–Crippen MR) is 353 cm³/mol. The highest BCUT2D eigenvalue weighted by Gasteiger charge is 2.37. The van der Waals surface area contributed by atoms with Crippen molar-refractivity contribution in [2.24, 2.45) is 0 Å². The number of nitrogens with zero attached hydrogens (tertiary/aromatic N) is 4. The second-order valence-electron chi connectivity index (χ2n) is 22.2. The lowest BCUT2D eigenvalue weighted by atomic mass is 9.82. The zero-order valence-electron chi connectivity index (χ0n) is 46.3. The van der Waals surface area contributed by atoms with Crippen LogP contribution >= 0.6 is 0 Å². The van der Waals surface area contributed by atoms with E-state index in [-0.39, 0.29) is 5.41 Å². The largest absolute Gasteiger partial charge is 0.310 e. The molecule has 0 heterocycles. The van der Waals surface area contributed by atoms with Gasteiger partial charge in [0.05, 0.1) is 11.4 Å². The third kappa shape index (κ3) is 8.80. The minimum absolute atomic E-state index is 0.336. The standard InChI is InChI=1S/C79H58N4/c1-79(2)75-53-69(80(67-37-35-55-19-9-11-23-59(55)51-67)63-39-43-65(44-40-63)82(61-27-5-3-6-28-61)77-33-17-25-57-21-13-15-31-71(57)77)47-49-73(75)74-50-48-70(54-76(74)79)81(68-38-36-56-20-10-12-24-60(56)52-68)64-41-45-66(46-42-64)83(62-29-7-4-8-30-62)78-34-18-26-58-22-14-16-32-72(58)78/h3-54H,1-2H3. The molecule has 15 rings (SSSR count). The van der Waals surface area contributed by atoms with E-state index in [1.807, 2.05) is 0 Å². The van der Waals surface area contributed by atoms with Crippen molar-refractivity contribution >= 4 is 111 Å². The molecule has 0 spiro atoms. The van der Waals surface area contributed by atoms with Gasteiger partial charge >= 0.3 is 0 Å². The molecule has 14 aromatic rings. The van der Waals surface area contributed by atoms with Crippen molar-refractivity contribution in [3.63, 3.8) is 0 Å². The smallest absolute Gasteiger partial charge is 0.0540 e. The molecule has 0 N–H and O–H groups in total. The maximum atomic E-state index is 2.44. The first kappa shape index (κ1) is 49.4. The van der Waals surface area contributed by atoms with Crippen LogP contribution in [-0.4, -0.2) is 0 Å². The van der Waals surface area contributed by atoms with Gasteiger partial charge in [-0.1, -0.05) is 196 Å². The Hall–Kier alpha value is -10.7. The van der Waals surface area contributed by atoms with E-state index in [1.54, 1.807) is 0 Å². The van der Waals surface area contributed by atoms with E-state index >= 15 is 0 Å². The van der Waals surface area contributed by atoms with Gasteiger partial charge in [-0.05, 0) is 188 Å². The van der Waals surface area contributed by atoms with Crippen LogP contribution in [0, 0.1) is 0 Å². The fourth-order valence-corrected chi connectivity index (χ4v) is 12.8. The molecule has 4 nitrogen and oxygen atoms in total. The van der Waals surface area contributed by atoms with Gasteiger partial charge in [0, 0.05) is 73.1 Å². The SMILES string of the molecule is CC1(C)c2cc(N(c3ccc(N(c4ccccc4)c4cccc5ccccc45)cc3)c3ccc4ccccc4c3)ccc2-c2ccc(N(c3ccc(N(c4ccccc4)c4cccc5ccccc45)cc3)c3ccc4ccccc4c3)cc21. The maximum absolute atomic E-state index is 2.44. The van der Waals surface area contributed by atoms with E-state index in [0.717, 1.165) is 68.2 Å². The van der Waals surface area contributed by atoms with Gasteiger partial charge in [-0.15, -0.1) is 0 Å². The molecular weight excluding hydrogens is 1000 g/mol. The van der Waals surface area contributed by atoms with Crippen molar-refractivity contribution in [2.45, 2.75) is 19.3 Å². The van der Waals surface area contributed by atoms with Gasteiger partial charge < -0.3 is 19.6 Å². The molecular formula is C79H58N4. The van der Waals surface area contributed by atoms with Crippen LogP contribution < -0.4 is 19.6 Å². The first-order chi connectivity index (χ1) is 40.9. The lowest BCUT2D eigenvalue weighted by Gasteiger charge is -2.30. The number of benzene rings is 14. The molecule has 0 bridgehead atoms. The Balaban J connectivity index is 0.823. The topological polar surface area (TPSA) is 13.0 Å². The summed E-state index contributed by atoms with van der Waals surface area (Å²) >= 11 is 0. The Morgan fingerprint density at radius 3 is 0.904 bits per heavy atom. The van der Waals surface area contributed by atoms with Crippen molar-refractivity contribution in [3.8, 4) is 11.1 Å². The van der Waals surface area contributed by atoms with E-state index in [1.165, 1.54) is 65.3 Å². The number of para-hydroxylation sites is 2. The van der Waals surface area contributed by atoms with E-state index in [4.69, 9.17) is 0 Å². The number of fused-ring (bicyclic) bond motifs is 7. The van der Waals surface area contributed by atoms with Gasteiger partial charge in [0.15, 0.2) is 0 Å². The third-order valence-electron chi connectivity index (χ3n) is 16.9. The molecule has 0 amide bonds. The molecule has 4 heteroatoms. The Morgan fingerprint density at radius 1 is 0.205 bits per heavy atom. The molecule has 0 atom stereocenters. The van der Waals surface area contributed by atoms with E-state index in [0.29, 0.717) is 0 Å². The molecule has 0 aromatic heterocycles. The summed E-state index contributed by atoms with van der Waals surface area (Å²) < 4.78 is 0. The van der Waals surface area contributed by atoms with Gasteiger partial charge in [-0.2, -0.15) is 0 Å². The van der Waals surface area contributed by atoms with Gasteiger partial charge in [-0.3, -0.25) is 0 Å². The zero-order chi connectivity index (χ0) is 55.4. The van der Waals surface area contributed by atoms with E-state index in [9.17, 15) is 0 Å². The van der Waals surface area contributed by atoms with Gasteiger partial charge in [0.2, 0.25) is 0 Å². The van der Waals surface area contributed by atoms with Crippen LogP contribution in [0.5, 0.6) is 0 Å². The Labute approximate surface area is 485 Å². The second-order valence-corrected chi connectivity index (χ2v) is 22.2. The van der Waals surface area contributed by atoms with E-state index < -0.39 is 0 Å². The van der Waals surface area contributed by atoms with Crippen LogP contribution in [0.15, 0.2) is 315 Å². The monoisotopic (exact) mass is 1060 g/mol. The highest BCUT2D eigenvalue weighted by Crippen LogP contribution is 2.53. The molecule has 14 aromatic carbocycles. The third-order valence-corrected chi connectivity index (χ3v) is 16.9. The van der Waals surface area contributed by atoms with Gasteiger partial charge in [0.25, 0.3) is 0 Å². The Kier molecular flexibility index (Phi) is 12.2. The number of rotatable bonds is 12. The average Bonchev–Trinajstić information content (AvgIpc) is 2.93. The molecule has 0 aliphatic heterocycles. The second kappa shape index (κ2) is 20.5. The summed E-state index contributed by atoms with van der Waals surface area (Å²) in [5.41, 5.74) is 18.0. The van der Waals surface area contributed by atoms with Gasteiger partial charge in [-0.25, -0.2) is 0 Å². The van der Waals surface area contributed by atoms with Gasteiger partial charge in [0.1, 0.15) is 0 Å². The Bertz CT molecular complexity index is 4410. The van der Waals surface area contributed by atoms with Crippen molar-refractivity contribution in [3.05, 3.63) is 327 Å². The highest BCUT2D eigenvalue weighted by atomic mass is 15.2. The normalized spacial score (nSPS) is 12.3. The summed E-state index contributed by atoms with van der Waals surface area (Å²) in [5.74, 6) is 0. The summed E-state index contributed by atoms with van der Waals surface area (Å²) in [6.45, 7) is 4.79. The average molecular weight is 1060 g/mol. The summed E-state index contributed by atoms with van der Waals surface area (Å²) in [4.78, 5) is 9.60. The first-order valence-electron chi connectivity index (χ1n) is 28.6. The summed E-state index contributed by atoms with van der Waals surface area (Å²) in [5, 5.41) is 9.64. The predicted octanol–water partition coefficient (Wildman–Crippen LogP) is 22.5. The van der Waals surface area contributed by atoms with Crippen molar-refractivity contribution in [1.29, 1.82) is 0 Å². The van der Waals surface area contributed by atoms with Crippen LogP contribution in [-0.2, 0) is 5.41 Å². The molecule has 0 fully saturated rings. The molecule has 83 heavy (non-hydrogen) atoms. The fourth-order valence-electron chi connectivity index (χ4n) is 12.8. The molecule has 1 aliphatic carbocycles. The quantitative estimate of drug-likeness (QED) is 0.121. The zero-order valence-corrected chi connectivity index (χ0v) is 46.3. The fraction of sp³-hybridized carbons (Fsp3) is 0.0380. The molecule has 394 valence electrons. The summed E-state index contributed by atoms with van der Waals surface area (Å²) in [6.07, 6.45) is 0. The maximum Gasteiger partial charge on any atom is 0.0540 e.